The quantitative estimate of drug-likeness (QED) is 0.371. The molecule has 0 aliphatic rings. The molecule has 1 heterocycles. The number of amides is 2. The van der Waals surface area contributed by atoms with Crippen LogP contribution in [0.5, 0.6) is 0 Å². The molecule has 3 aromatic carbocycles. The Balaban J connectivity index is 1.42. The van der Waals surface area contributed by atoms with Crippen molar-refractivity contribution in [1.29, 1.82) is 0 Å². The maximum absolute atomic E-state index is 13.0. The van der Waals surface area contributed by atoms with E-state index in [9.17, 15) is 14.0 Å². The lowest BCUT2D eigenvalue weighted by atomic mass is 10.1. The predicted molar refractivity (Wildman–Crippen MR) is 131 cm³/mol. The summed E-state index contributed by atoms with van der Waals surface area (Å²) in [6.45, 7) is 1.89. The summed E-state index contributed by atoms with van der Waals surface area (Å²) in [6, 6.07) is 20.3. The number of carbonyl (C=O) groups is 2. The third kappa shape index (κ3) is 5.49. The van der Waals surface area contributed by atoms with E-state index in [1.807, 2.05) is 56.4 Å². The van der Waals surface area contributed by atoms with Gasteiger partial charge in [-0.05, 0) is 55.0 Å². The fourth-order valence-electron chi connectivity index (χ4n) is 3.31. The number of nitrogens with one attached hydrogen (secondary N) is 2. The standard InChI is InChI=1S/C25H22FN5O2S/c1-16-6-3-4-9-21(16)24(33)28-20-8-5-7-17(14-20)23-29-30-25(31(23)2)34-15-22(32)27-19-12-10-18(26)11-13-19/h3-14H,15H2,1-2H3,(H,27,32)(H,28,33). The smallest absolute Gasteiger partial charge is 0.255 e. The van der Waals surface area contributed by atoms with Gasteiger partial charge in [-0.15, -0.1) is 10.2 Å². The number of carbonyl (C=O) groups excluding carboxylic acids is 2. The van der Waals surface area contributed by atoms with E-state index in [1.165, 1.54) is 36.0 Å². The molecule has 0 aliphatic carbocycles. The third-order valence-electron chi connectivity index (χ3n) is 5.06. The van der Waals surface area contributed by atoms with Gasteiger partial charge in [-0.3, -0.25) is 9.59 Å². The van der Waals surface area contributed by atoms with Crippen molar-refractivity contribution in [3.63, 3.8) is 0 Å². The molecule has 4 aromatic rings. The molecule has 0 fully saturated rings. The first-order chi connectivity index (χ1) is 16.4. The zero-order valence-electron chi connectivity index (χ0n) is 18.6. The lowest BCUT2D eigenvalue weighted by Crippen LogP contribution is -2.14. The van der Waals surface area contributed by atoms with Crippen LogP contribution in [0.15, 0.2) is 78.0 Å². The zero-order chi connectivity index (χ0) is 24.1. The van der Waals surface area contributed by atoms with Crippen LogP contribution in [0.3, 0.4) is 0 Å². The normalized spacial score (nSPS) is 10.7. The Bertz CT molecular complexity index is 1340. The van der Waals surface area contributed by atoms with Crippen LogP contribution in [-0.4, -0.2) is 32.3 Å². The molecule has 0 saturated heterocycles. The van der Waals surface area contributed by atoms with E-state index in [4.69, 9.17) is 0 Å². The highest BCUT2D eigenvalue weighted by molar-refractivity contribution is 7.99. The number of aromatic nitrogens is 3. The first-order valence-corrected chi connectivity index (χ1v) is 11.4. The van der Waals surface area contributed by atoms with Crippen molar-refractivity contribution in [2.75, 3.05) is 16.4 Å². The number of benzene rings is 3. The lowest BCUT2D eigenvalue weighted by Gasteiger charge is -2.09. The molecule has 34 heavy (non-hydrogen) atoms. The summed E-state index contributed by atoms with van der Waals surface area (Å²) in [6.07, 6.45) is 0. The van der Waals surface area contributed by atoms with Crippen molar-refractivity contribution in [3.8, 4) is 11.4 Å². The summed E-state index contributed by atoms with van der Waals surface area (Å²) < 4.78 is 14.8. The summed E-state index contributed by atoms with van der Waals surface area (Å²) in [5.41, 5.74) is 3.45. The second-order valence-electron chi connectivity index (χ2n) is 7.56. The molecule has 9 heteroatoms. The van der Waals surface area contributed by atoms with Crippen LogP contribution in [0.25, 0.3) is 11.4 Å². The molecule has 0 aliphatic heterocycles. The second-order valence-corrected chi connectivity index (χ2v) is 8.50. The number of hydrogen-bond acceptors (Lipinski definition) is 5. The van der Waals surface area contributed by atoms with Gasteiger partial charge in [-0.25, -0.2) is 4.39 Å². The van der Waals surface area contributed by atoms with E-state index in [1.54, 1.807) is 10.6 Å². The molecule has 172 valence electrons. The van der Waals surface area contributed by atoms with Crippen LogP contribution in [-0.2, 0) is 11.8 Å². The van der Waals surface area contributed by atoms with Gasteiger partial charge < -0.3 is 15.2 Å². The molecular formula is C25H22FN5O2S. The third-order valence-corrected chi connectivity index (χ3v) is 6.08. The van der Waals surface area contributed by atoms with E-state index < -0.39 is 0 Å². The van der Waals surface area contributed by atoms with Gasteiger partial charge in [0.2, 0.25) is 5.91 Å². The van der Waals surface area contributed by atoms with Crippen molar-refractivity contribution in [3.05, 3.63) is 89.7 Å². The van der Waals surface area contributed by atoms with Crippen LogP contribution in [0, 0.1) is 12.7 Å². The summed E-state index contributed by atoms with van der Waals surface area (Å²) in [5, 5.41) is 14.7. The Morgan fingerprint density at radius 1 is 0.941 bits per heavy atom. The molecule has 0 spiro atoms. The molecule has 0 atom stereocenters. The Kier molecular flexibility index (Phi) is 7.03. The van der Waals surface area contributed by atoms with Gasteiger partial charge in [0.05, 0.1) is 5.75 Å². The fraction of sp³-hybridized carbons (Fsp3) is 0.120. The molecular weight excluding hydrogens is 453 g/mol. The molecule has 2 N–H and O–H groups in total. The van der Waals surface area contributed by atoms with E-state index in [0.717, 1.165) is 11.1 Å². The van der Waals surface area contributed by atoms with Gasteiger partial charge in [0.25, 0.3) is 5.91 Å². The number of hydrogen-bond donors (Lipinski definition) is 2. The molecule has 0 unspecified atom stereocenters. The fourth-order valence-corrected chi connectivity index (χ4v) is 4.03. The monoisotopic (exact) mass is 475 g/mol. The van der Waals surface area contributed by atoms with Crippen molar-refractivity contribution in [2.24, 2.45) is 7.05 Å². The first kappa shape index (κ1) is 23.2. The average Bonchev–Trinajstić information content (AvgIpc) is 3.20. The van der Waals surface area contributed by atoms with Crippen LogP contribution >= 0.6 is 11.8 Å². The van der Waals surface area contributed by atoms with Crippen LogP contribution in [0.1, 0.15) is 15.9 Å². The maximum Gasteiger partial charge on any atom is 0.255 e. The topological polar surface area (TPSA) is 88.9 Å². The Morgan fingerprint density at radius 2 is 1.71 bits per heavy atom. The minimum Gasteiger partial charge on any atom is -0.325 e. The molecule has 0 radical (unpaired) electrons. The summed E-state index contributed by atoms with van der Waals surface area (Å²) >= 11 is 1.24. The number of nitrogens with zero attached hydrogens (tertiary/aromatic N) is 3. The molecule has 2 amide bonds. The molecule has 1 aromatic heterocycles. The molecule has 0 saturated carbocycles. The minimum absolute atomic E-state index is 0.121. The molecule has 4 rings (SSSR count). The van der Waals surface area contributed by atoms with Crippen LogP contribution < -0.4 is 10.6 Å². The van der Waals surface area contributed by atoms with Gasteiger partial charge in [-0.1, -0.05) is 42.1 Å². The zero-order valence-corrected chi connectivity index (χ0v) is 19.4. The maximum atomic E-state index is 13.0. The predicted octanol–water partition coefficient (Wildman–Crippen LogP) is 4.91. The first-order valence-electron chi connectivity index (χ1n) is 10.5. The average molecular weight is 476 g/mol. The van der Waals surface area contributed by atoms with E-state index in [-0.39, 0.29) is 23.4 Å². The van der Waals surface area contributed by atoms with E-state index >= 15 is 0 Å². The van der Waals surface area contributed by atoms with E-state index in [2.05, 4.69) is 20.8 Å². The molecule has 0 bridgehead atoms. The molecule has 7 nitrogen and oxygen atoms in total. The Hall–Kier alpha value is -3.98. The van der Waals surface area contributed by atoms with Crippen molar-refractivity contribution < 1.29 is 14.0 Å². The summed E-state index contributed by atoms with van der Waals surface area (Å²) in [7, 11) is 1.81. The number of anilines is 2. The number of halogens is 1. The number of thioether (sulfide) groups is 1. The van der Waals surface area contributed by atoms with Gasteiger partial charge in [0, 0.05) is 29.5 Å². The van der Waals surface area contributed by atoms with Gasteiger partial charge in [-0.2, -0.15) is 0 Å². The van der Waals surface area contributed by atoms with Crippen molar-refractivity contribution >= 4 is 35.0 Å². The number of rotatable bonds is 7. The number of aryl methyl sites for hydroxylation is 1. The highest BCUT2D eigenvalue weighted by atomic mass is 32.2. The van der Waals surface area contributed by atoms with Crippen LogP contribution in [0.2, 0.25) is 0 Å². The Labute approximate surface area is 200 Å². The highest BCUT2D eigenvalue weighted by Gasteiger charge is 2.15. The Morgan fingerprint density at radius 3 is 2.47 bits per heavy atom. The second kappa shape index (κ2) is 10.3. The van der Waals surface area contributed by atoms with Crippen LogP contribution in [0.4, 0.5) is 15.8 Å². The van der Waals surface area contributed by atoms with Crippen molar-refractivity contribution in [2.45, 2.75) is 12.1 Å². The van der Waals surface area contributed by atoms with E-state index in [0.29, 0.717) is 27.9 Å². The largest absolute Gasteiger partial charge is 0.325 e. The van der Waals surface area contributed by atoms with Gasteiger partial charge in [0.1, 0.15) is 5.82 Å². The van der Waals surface area contributed by atoms with Gasteiger partial charge in [0.15, 0.2) is 11.0 Å². The van der Waals surface area contributed by atoms with Gasteiger partial charge >= 0.3 is 0 Å². The minimum atomic E-state index is -0.363. The highest BCUT2D eigenvalue weighted by Crippen LogP contribution is 2.25. The summed E-state index contributed by atoms with van der Waals surface area (Å²) in [5.74, 6) is -0.0551. The van der Waals surface area contributed by atoms with Crippen molar-refractivity contribution in [1.82, 2.24) is 14.8 Å². The SMILES string of the molecule is Cc1ccccc1C(=O)Nc1cccc(-c2nnc(SCC(=O)Nc3ccc(F)cc3)n2C)c1. The summed E-state index contributed by atoms with van der Waals surface area (Å²) in [4.78, 5) is 24.9. The lowest BCUT2D eigenvalue weighted by molar-refractivity contribution is -0.113.